The summed E-state index contributed by atoms with van der Waals surface area (Å²) in [5, 5.41) is 8.98. The highest BCUT2D eigenvalue weighted by molar-refractivity contribution is 7.90. The molecule has 1 N–H and O–H groups in total. The molecule has 0 atom stereocenters. The number of aldehydes is 1. The number of hydrogen-bond donors (Lipinski definition) is 1. The Labute approximate surface area is 150 Å². The number of carbonyl (C=O) groups excluding carboxylic acids is 1. The normalized spacial score (nSPS) is 12.4. The Morgan fingerprint density at radius 1 is 1.00 bits per heavy atom. The van der Waals surface area contributed by atoms with Gasteiger partial charge in [0.1, 0.15) is 5.82 Å². The summed E-state index contributed by atoms with van der Waals surface area (Å²) in [6, 6.07) is 11.1. The third kappa shape index (κ3) is 4.86. The number of sulfone groups is 1. The zero-order valence-corrected chi connectivity index (χ0v) is 14.8. The third-order valence-corrected chi connectivity index (χ3v) is 4.95. The fourth-order valence-electron chi connectivity index (χ4n) is 2.51. The van der Waals surface area contributed by atoms with Crippen LogP contribution >= 0.6 is 0 Å². The van der Waals surface area contributed by atoms with Crippen LogP contribution in [0.4, 0.5) is 4.39 Å². The van der Waals surface area contributed by atoms with Crippen LogP contribution in [0.15, 0.2) is 53.4 Å². The van der Waals surface area contributed by atoms with Gasteiger partial charge in [-0.2, -0.15) is 0 Å². The van der Waals surface area contributed by atoms with Crippen molar-refractivity contribution in [3.8, 4) is 0 Å². The van der Waals surface area contributed by atoms with Crippen LogP contribution in [-0.2, 0) is 19.4 Å². The Kier molecular flexibility index (Phi) is 6.05. The molecule has 0 spiro atoms. The highest BCUT2D eigenvalue weighted by Gasteiger charge is 2.15. The first-order valence-electron chi connectivity index (χ1n) is 7.69. The fraction of sp³-hybridized carbons (Fsp3) is 0.158. The summed E-state index contributed by atoms with van der Waals surface area (Å²) < 4.78 is 36.3. The van der Waals surface area contributed by atoms with Gasteiger partial charge < -0.3 is 5.11 Å². The van der Waals surface area contributed by atoms with Gasteiger partial charge in [0.25, 0.3) is 0 Å². The summed E-state index contributed by atoms with van der Waals surface area (Å²) in [6.07, 6.45) is 1.54. The molecule has 2 rings (SSSR count). The lowest BCUT2D eigenvalue weighted by molar-refractivity contribution is -0.136. The van der Waals surface area contributed by atoms with Crippen LogP contribution in [0, 0.1) is 5.82 Å². The van der Waals surface area contributed by atoms with E-state index >= 15 is 0 Å². The Bertz CT molecular complexity index is 942. The number of allylic oxidation sites excluding steroid dienone is 2. The minimum Gasteiger partial charge on any atom is -0.481 e. The monoisotopic (exact) mass is 376 g/mol. The lowest BCUT2D eigenvalue weighted by Crippen LogP contribution is -2.01. The van der Waals surface area contributed by atoms with Crippen molar-refractivity contribution in [3.05, 3.63) is 65.5 Å². The standard InChI is InChI=1S/C19H17FO5S/c1-26(24,25)16-8-4-13(5-9-16)17(10-11-19(22)23)18(12-21)14-2-6-15(20)7-3-14/h2-9,12H,10-11H2,1H3,(H,22,23). The van der Waals surface area contributed by atoms with E-state index in [1.165, 1.54) is 48.5 Å². The van der Waals surface area contributed by atoms with E-state index in [1.807, 2.05) is 0 Å². The second kappa shape index (κ2) is 8.05. The van der Waals surface area contributed by atoms with Crippen molar-refractivity contribution in [1.29, 1.82) is 0 Å². The Balaban J connectivity index is 2.58. The first-order valence-corrected chi connectivity index (χ1v) is 9.58. The van der Waals surface area contributed by atoms with Crippen molar-refractivity contribution in [2.45, 2.75) is 17.7 Å². The van der Waals surface area contributed by atoms with Crippen LogP contribution in [-0.4, -0.2) is 32.0 Å². The average molecular weight is 376 g/mol. The molecule has 0 saturated heterocycles. The molecule has 7 heteroatoms. The van der Waals surface area contributed by atoms with E-state index in [0.717, 1.165) is 6.26 Å². The van der Waals surface area contributed by atoms with Crippen molar-refractivity contribution >= 4 is 33.2 Å². The third-order valence-electron chi connectivity index (χ3n) is 3.82. The number of rotatable bonds is 7. The number of aliphatic carboxylic acids is 1. The predicted molar refractivity (Wildman–Crippen MR) is 95.7 cm³/mol. The summed E-state index contributed by atoms with van der Waals surface area (Å²) in [5.41, 5.74) is 1.67. The van der Waals surface area contributed by atoms with Gasteiger partial charge in [-0.3, -0.25) is 9.59 Å². The van der Waals surface area contributed by atoms with Gasteiger partial charge in [0.05, 0.1) is 4.90 Å². The minimum atomic E-state index is -3.38. The predicted octanol–water partition coefficient (Wildman–Crippen LogP) is 3.20. The molecule has 0 aliphatic heterocycles. The molecular weight excluding hydrogens is 359 g/mol. The van der Waals surface area contributed by atoms with Gasteiger partial charge in [-0.05, 0) is 47.4 Å². The summed E-state index contributed by atoms with van der Waals surface area (Å²) in [5.74, 6) is -1.48. The topological polar surface area (TPSA) is 88.5 Å². The van der Waals surface area contributed by atoms with Crippen LogP contribution in [0.3, 0.4) is 0 Å². The smallest absolute Gasteiger partial charge is 0.303 e. The van der Waals surface area contributed by atoms with E-state index in [1.54, 1.807) is 0 Å². The maximum atomic E-state index is 13.1. The molecule has 0 aliphatic carbocycles. The van der Waals surface area contributed by atoms with Crippen molar-refractivity contribution in [3.63, 3.8) is 0 Å². The number of carboxylic acids is 1. The average Bonchev–Trinajstić information content (AvgIpc) is 2.59. The van der Waals surface area contributed by atoms with E-state index in [-0.39, 0.29) is 23.3 Å². The highest BCUT2D eigenvalue weighted by atomic mass is 32.2. The molecule has 0 heterocycles. The van der Waals surface area contributed by atoms with Crippen molar-refractivity contribution in [1.82, 2.24) is 0 Å². The van der Waals surface area contributed by atoms with Crippen molar-refractivity contribution < 1.29 is 27.5 Å². The van der Waals surface area contributed by atoms with Crippen LogP contribution in [0.5, 0.6) is 0 Å². The van der Waals surface area contributed by atoms with E-state index < -0.39 is 21.6 Å². The number of benzene rings is 2. The van der Waals surface area contributed by atoms with Gasteiger partial charge in [0.2, 0.25) is 0 Å². The second-order valence-corrected chi connectivity index (χ2v) is 7.72. The van der Waals surface area contributed by atoms with Crippen LogP contribution in [0.2, 0.25) is 0 Å². The lowest BCUT2D eigenvalue weighted by Gasteiger charge is -2.12. The van der Waals surface area contributed by atoms with Gasteiger partial charge in [-0.1, -0.05) is 24.3 Å². The molecule has 26 heavy (non-hydrogen) atoms. The number of carbonyl (C=O) groups is 2. The van der Waals surface area contributed by atoms with E-state index in [4.69, 9.17) is 5.11 Å². The number of halogens is 1. The number of carboxylic acid groups (broad SMARTS) is 1. The molecule has 136 valence electrons. The Hall–Kier alpha value is -2.80. The molecule has 0 amide bonds. The Morgan fingerprint density at radius 3 is 2.00 bits per heavy atom. The summed E-state index contributed by atoms with van der Waals surface area (Å²) >= 11 is 0. The summed E-state index contributed by atoms with van der Waals surface area (Å²) in [4.78, 5) is 22.8. The summed E-state index contributed by atoms with van der Waals surface area (Å²) in [6.45, 7) is 0. The second-order valence-electron chi connectivity index (χ2n) is 5.71. The molecule has 5 nitrogen and oxygen atoms in total. The molecule has 0 aliphatic rings. The first kappa shape index (κ1) is 19.5. The van der Waals surface area contributed by atoms with Gasteiger partial charge in [-0.15, -0.1) is 0 Å². The molecule has 0 saturated carbocycles. The molecule has 2 aromatic rings. The molecule has 0 fully saturated rings. The van der Waals surface area contributed by atoms with E-state index in [2.05, 4.69) is 0 Å². The minimum absolute atomic E-state index is 0.0685. The van der Waals surface area contributed by atoms with Gasteiger partial charge >= 0.3 is 5.97 Å². The zero-order valence-electron chi connectivity index (χ0n) is 14.0. The molecule has 0 aromatic heterocycles. The zero-order chi connectivity index (χ0) is 19.3. The molecule has 0 bridgehead atoms. The van der Waals surface area contributed by atoms with Crippen LogP contribution < -0.4 is 0 Å². The number of hydrogen-bond acceptors (Lipinski definition) is 4. The van der Waals surface area contributed by atoms with Crippen molar-refractivity contribution in [2.75, 3.05) is 6.26 Å². The first-order chi connectivity index (χ1) is 12.2. The summed E-state index contributed by atoms with van der Waals surface area (Å²) in [7, 11) is -3.38. The van der Waals surface area contributed by atoms with Gasteiger partial charge in [0, 0.05) is 18.2 Å². The fourth-order valence-corrected chi connectivity index (χ4v) is 3.14. The molecule has 2 aromatic carbocycles. The Morgan fingerprint density at radius 2 is 1.54 bits per heavy atom. The van der Waals surface area contributed by atoms with Gasteiger partial charge in [-0.25, -0.2) is 12.8 Å². The molecule has 0 unspecified atom stereocenters. The maximum Gasteiger partial charge on any atom is 0.303 e. The maximum absolute atomic E-state index is 13.1. The van der Waals surface area contributed by atoms with E-state index in [0.29, 0.717) is 23.0 Å². The molecular formula is C19H17FO5S. The SMILES string of the molecule is CS(=O)(=O)c1ccc(C(CCC(=O)O)=C(C=O)c2ccc(F)cc2)cc1. The largest absolute Gasteiger partial charge is 0.481 e. The highest BCUT2D eigenvalue weighted by Crippen LogP contribution is 2.30. The molecule has 0 radical (unpaired) electrons. The quantitative estimate of drug-likeness (QED) is 0.455. The van der Waals surface area contributed by atoms with Crippen LogP contribution in [0.25, 0.3) is 11.1 Å². The van der Waals surface area contributed by atoms with Crippen LogP contribution in [0.1, 0.15) is 24.0 Å². The van der Waals surface area contributed by atoms with Crippen molar-refractivity contribution in [2.24, 2.45) is 0 Å². The van der Waals surface area contributed by atoms with Gasteiger partial charge in [0.15, 0.2) is 16.1 Å². The lowest BCUT2D eigenvalue weighted by atomic mass is 9.92. The van der Waals surface area contributed by atoms with E-state index in [9.17, 15) is 22.4 Å².